The minimum atomic E-state index is -1.68. The highest BCUT2D eigenvalue weighted by Crippen LogP contribution is 2.21. The Morgan fingerprint density at radius 2 is 2.11 bits per heavy atom. The highest BCUT2D eigenvalue weighted by molar-refractivity contribution is 6.27. The van der Waals surface area contributed by atoms with E-state index in [1.54, 1.807) is 6.07 Å². The fraction of sp³-hybridized carbons (Fsp3) is 0.500. The summed E-state index contributed by atoms with van der Waals surface area (Å²) >= 11 is 10.1. The lowest BCUT2D eigenvalue weighted by atomic mass is 10.3. The van der Waals surface area contributed by atoms with Crippen molar-refractivity contribution in [2.24, 2.45) is 0 Å². The fourth-order valence-electron chi connectivity index (χ4n) is 0.186. The predicted molar refractivity (Wildman–Crippen MR) is 31.4 cm³/mol. The number of hydrogen-bond acceptors (Lipinski definition) is 3. The Hall–Kier alpha value is -0.480. The van der Waals surface area contributed by atoms with Crippen LogP contribution in [0.25, 0.3) is 0 Å². The molecule has 9 heavy (non-hydrogen) atoms. The van der Waals surface area contributed by atoms with E-state index < -0.39 is 5.06 Å². The molecule has 0 aliphatic rings. The number of nitrogens with zero attached hydrogens (tertiary/aromatic N) is 2. The summed E-state index contributed by atoms with van der Waals surface area (Å²) in [6.45, 7) is 0. The van der Waals surface area contributed by atoms with Crippen LogP contribution in [0, 0.1) is 22.7 Å². The highest BCUT2D eigenvalue weighted by Gasteiger charge is 2.27. The minimum absolute atomic E-state index is 0.255. The van der Waals surface area contributed by atoms with Gasteiger partial charge in [0.1, 0.15) is 6.07 Å². The van der Waals surface area contributed by atoms with E-state index in [9.17, 15) is 0 Å². The van der Waals surface area contributed by atoms with Crippen molar-refractivity contribution in [1.29, 1.82) is 10.5 Å². The molecule has 0 heterocycles. The molecule has 1 atom stereocenters. The van der Waals surface area contributed by atoms with Gasteiger partial charge in [-0.1, -0.05) is 11.6 Å². The van der Waals surface area contributed by atoms with Crippen molar-refractivity contribution in [2.45, 2.75) is 11.5 Å². The van der Waals surface area contributed by atoms with E-state index in [4.69, 9.17) is 34.0 Å². The quantitative estimate of drug-likeness (QED) is 0.582. The number of halogens is 2. The molecule has 0 bridgehead atoms. The van der Waals surface area contributed by atoms with E-state index in [0.29, 0.717) is 0 Å². The molecule has 0 amide bonds. The van der Waals surface area contributed by atoms with Gasteiger partial charge in [0.25, 0.3) is 5.06 Å². The summed E-state index contributed by atoms with van der Waals surface area (Å²) in [5.41, 5.74) is 0. The van der Waals surface area contributed by atoms with Gasteiger partial charge in [-0.25, -0.2) is 4.29 Å². The van der Waals surface area contributed by atoms with Crippen LogP contribution in [0.2, 0.25) is 0 Å². The van der Waals surface area contributed by atoms with Crippen molar-refractivity contribution in [3.63, 3.8) is 0 Å². The van der Waals surface area contributed by atoms with E-state index in [0.717, 1.165) is 0 Å². The number of nitriles is 2. The Labute approximate surface area is 62.5 Å². The van der Waals surface area contributed by atoms with E-state index in [1.165, 1.54) is 6.07 Å². The lowest BCUT2D eigenvalue weighted by Gasteiger charge is -2.07. The average molecular weight is 165 g/mol. The molecule has 0 rings (SSSR count). The van der Waals surface area contributed by atoms with Gasteiger partial charge in [0.05, 0.1) is 24.4 Å². The summed E-state index contributed by atoms with van der Waals surface area (Å²) in [5.74, 6) is 0. The van der Waals surface area contributed by atoms with Gasteiger partial charge in [-0.15, -0.1) is 0 Å². The number of alkyl halides is 1. The van der Waals surface area contributed by atoms with Crippen molar-refractivity contribution in [3.05, 3.63) is 0 Å². The summed E-state index contributed by atoms with van der Waals surface area (Å²) in [6, 6.07) is 3.16. The Morgan fingerprint density at radius 1 is 1.56 bits per heavy atom. The largest absolute Gasteiger partial charge is 0.260 e. The first-order chi connectivity index (χ1) is 4.18. The molecule has 0 aliphatic heterocycles. The third-order valence-corrected chi connectivity index (χ3v) is 1.23. The molecule has 0 aromatic heterocycles. The van der Waals surface area contributed by atoms with Crippen LogP contribution >= 0.6 is 23.5 Å². The third-order valence-electron chi connectivity index (χ3n) is 0.596. The van der Waals surface area contributed by atoms with Gasteiger partial charge in [-0.05, 0) is 0 Å². The summed E-state index contributed by atoms with van der Waals surface area (Å²) in [7, 11) is 0. The molecule has 0 saturated heterocycles. The van der Waals surface area contributed by atoms with Crippen molar-refractivity contribution in [2.75, 3.05) is 0 Å². The van der Waals surface area contributed by atoms with Gasteiger partial charge >= 0.3 is 0 Å². The van der Waals surface area contributed by atoms with Crippen molar-refractivity contribution in [3.8, 4) is 12.1 Å². The molecule has 0 radical (unpaired) electrons. The van der Waals surface area contributed by atoms with Crippen LogP contribution in [0.5, 0.6) is 0 Å². The summed E-state index contributed by atoms with van der Waals surface area (Å²) in [5, 5.41) is 14.5. The molecule has 0 N–H and O–H groups in total. The van der Waals surface area contributed by atoms with Crippen LogP contribution in [0.1, 0.15) is 6.42 Å². The van der Waals surface area contributed by atoms with Gasteiger partial charge in [0.2, 0.25) is 0 Å². The van der Waals surface area contributed by atoms with Gasteiger partial charge in [0, 0.05) is 0 Å². The Kier molecular flexibility index (Phi) is 3.34. The van der Waals surface area contributed by atoms with Crippen molar-refractivity contribution in [1.82, 2.24) is 0 Å². The molecular weight excluding hydrogens is 163 g/mol. The van der Waals surface area contributed by atoms with E-state index in [1.807, 2.05) is 0 Å². The Balaban J connectivity index is 4.01. The second kappa shape index (κ2) is 3.53. The number of rotatable bonds is 2. The summed E-state index contributed by atoms with van der Waals surface area (Å²) < 4.78 is 3.98. The van der Waals surface area contributed by atoms with Crippen LogP contribution in [0.15, 0.2) is 0 Å². The van der Waals surface area contributed by atoms with Crippen molar-refractivity contribution < 1.29 is 4.29 Å². The average Bonchev–Trinajstić information content (AvgIpc) is 1.89. The lowest BCUT2D eigenvalue weighted by Crippen LogP contribution is -2.17. The minimum Gasteiger partial charge on any atom is -0.239 e. The predicted octanol–water partition coefficient (Wildman–Crippen LogP) is 1.53. The maximum atomic E-state index is 8.17. The van der Waals surface area contributed by atoms with Crippen LogP contribution in [-0.4, -0.2) is 5.06 Å². The first kappa shape index (κ1) is 8.52. The standard InChI is InChI=1S/C4H2Cl2N2O/c5-4(3-8,9-6)1-2-7/h1H2. The van der Waals surface area contributed by atoms with E-state index in [-0.39, 0.29) is 6.42 Å². The first-order valence-electron chi connectivity index (χ1n) is 1.95. The maximum Gasteiger partial charge on any atom is 0.260 e. The van der Waals surface area contributed by atoms with E-state index in [2.05, 4.69) is 4.29 Å². The zero-order chi connectivity index (χ0) is 7.33. The van der Waals surface area contributed by atoms with Crippen LogP contribution in [0.4, 0.5) is 0 Å². The lowest BCUT2D eigenvalue weighted by molar-refractivity contribution is 0.245. The molecular formula is C4H2Cl2N2O. The molecule has 0 aliphatic carbocycles. The molecule has 5 heteroatoms. The molecule has 0 aromatic rings. The zero-order valence-corrected chi connectivity index (χ0v) is 5.78. The molecule has 48 valence electrons. The maximum absolute atomic E-state index is 8.17. The molecule has 0 spiro atoms. The topological polar surface area (TPSA) is 56.8 Å². The third kappa shape index (κ3) is 2.53. The number of hydrogen-bond donors (Lipinski definition) is 0. The zero-order valence-electron chi connectivity index (χ0n) is 4.27. The molecule has 0 fully saturated rings. The smallest absolute Gasteiger partial charge is 0.239 e. The first-order valence-corrected chi connectivity index (χ1v) is 2.64. The second-order valence-electron chi connectivity index (χ2n) is 1.25. The van der Waals surface area contributed by atoms with Crippen LogP contribution in [-0.2, 0) is 4.29 Å². The SMILES string of the molecule is N#CCC(Cl)(C#N)OCl. The monoisotopic (exact) mass is 164 g/mol. The Bertz CT molecular complexity index is 170. The second-order valence-corrected chi connectivity index (χ2v) is 2.02. The summed E-state index contributed by atoms with van der Waals surface area (Å²) in [4.78, 5) is 0. The Morgan fingerprint density at radius 3 is 2.22 bits per heavy atom. The van der Waals surface area contributed by atoms with Crippen LogP contribution < -0.4 is 0 Å². The van der Waals surface area contributed by atoms with Gasteiger partial charge in [-0.3, -0.25) is 0 Å². The molecule has 0 aromatic carbocycles. The van der Waals surface area contributed by atoms with Gasteiger partial charge in [0.15, 0.2) is 0 Å². The van der Waals surface area contributed by atoms with Gasteiger partial charge < -0.3 is 0 Å². The van der Waals surface area contributed by atoms with Gasteiger partial charge in [-0.2, -0.15) is 10.5 Å². The molecule has 3 nitrogen and oxygen atoms in total. The highest BCUT2D eigenvalue weighted by atomic mass is 35.5. The molecule has 0 saturated carbocycles. The summed E-state index contributed by atoms with van der Waals surface area (Å²) in [6.07, 6.45) is -0.255. The normalized spacial score (nSPS) is 15.1. The fourth-order valence-corrected chi connectivity index (χ4v) is 0.335. The van der Waals surface area contributed by atoms with Crippen molar-refractivity contribution >= 4 is 23.5 Å². The van der Waals surface area contributed by atoms with E-state index >= 15 is 0 Å². The van der Waals surface area contributed by atoms with Crippen LogP contribution in [0.3, 0.4) is 0 Å². The molecule has 1 unspecified atom stereocenters.